The highest BCUT2D eigenvalue weighted by Gasteiger charge is 2.07. The average Bonchev–Trinajstić information content (AvgIpc) is 2.25. The zero-order valence-electron chi connectivity index (χ0n) is 9.77. The third kappa shape index (κ3) is 10.4. The molecule has 0 unspecified atom stereocenters. The van der Waals surface area contributed by atoms with Crippen molar-refractivity contribution in [2.24, 2.45) is 0 Å². The van der Waals surface area contributed by atoms with E-state index >= 15 is 0 Å². The van der Waals surface area contributed by atoms with E-state index in [1.807, 2.05) is 0 Å². The van der Waals surface area contributed by atoms with Gasteiger partial charge in [-0.1, -0.05) is 0 Å². The Morgan fingerprint density at radius 2 is 1.00 bits per heavy atom. The zero-order valence-corrected chi connectivity index (χ0v) is 9.77. The lowest BCUT2D eigenvalue weighted by Crippen LogP contribution is -2.30. The molecule has 4 N–H and O–H groups in total. The number of nitrogens with one attached hydrogen (secondary N) is 2. The molecule has 0 aromatic heterocycles. The number of carbonyl (C=O) groups is 4. The summed E-state index contributed by atoms with van der Waals surface area (Å²) in [6.07, 6.45) is -0.454. The van der Waals surface area contributed by atoms with Crippen molar-refractivity contribution in [3.8, 4) is 0 Å². The summed E-state index contributed by atoms with van der Waals surface area (Å²) in [7, 11) is 0. The number of hydrogen-bond donors (Lipinski definition) is 4. The van der Waals surface area contributed by atoms with E-state index in [4.69, 9.17) is 10.2 Å². The molecule has 18 heavy (non-hydrogen) atoms. The van der Waals surface area contributed by atoms with Gasteiger partial charge in [0, 0.05) is 25.9 Å². The van der Waals surface area contributed by atoms with Crippen LogP contribution in [0, 0.1) is 0 Å². The Morgan fingerprint density at radius 3 is 1.28 bits per heavy atom. The van der Waals surface area contributed by atoms with E-state index in [-0.39, 0.29) is 38.8 Å². The number of aliphatic carboxylic acids is 2. The van der Waals surface area contributed by atoms with Gasteiger partial charge in [-0.15, -0.1) is 0 Å². The second-order valence-corrected chi connectivity index (χ2v) is 3.49. The minimum Gasteiger partial charge on any atom is -0.481 e. The van der Waals surface area contributed by atoms with E-state index in [2.05, 4.69) is 10.6 Å². The van der Waals surface area contributed by atoms with Crippen molar-refractivity contribution in [2.75, 3.05) is 13.1 Å². The molecule has 0 bridgehead atoms. The molecule has 0 saturated carbocycles. The van der Waals surface area contributed by atoms with Crippen molar-refractivity contribution < 1.29 is 29.4 Å². The van der Waals surface area contributed by atoms with Crippen molar-refractivity contribution in [1.82, 2.24) is 10.6 Å². The molecular formula is C10H16N2O6. The van der Waals surface area contributed by atoms with E-state index in [1.165, 1.54) is 0 Å². The first kappa shape index (κ1) is 15.9. The van der Waals surface area contributed by atoms with Gasteiger partial charge >= 0.3 is 11.9 Å². The molecule has 0 atom stereocenters. The quantitative estimate of drug-likeness (QED) is 0.418. The van der Waals surface area contributed by atoms with Crippen LogP contribution >= 0.6 is 0 Å². The van der Waals surface area contributed by atoms with Crippen LogP contribution in [0.25, 0.3) is 0 Å². The molecule has 2 amide bonds. The molecule has 0 aliphatic carbocycles. The molecule has 0 spiro atoms. The Balaban J connectivity index is 3.56. The SMILES string of the molecule is O=C(O)CCNC(=O)CCC(=O)NCCC(=O)O. The van der Waals surface area contributed by atoms with Gasteiger partial charge in [-0.3, -0.25) is 19.2 Å². The second kappa shape index (κ2) is 8.97. The topological polar surface area (TPSA) is 133 Å². The average molecular weight is 260 g/mol. The normalized spacial score (nSPS) is 9.56. The van der Waals surface area contributed by atoms with Crippen LogP contribution in [0.2, 0.25) is 0 Å². The Bertz CT molecular complexity index is 296. The highest BCUT2D eigenvalue weighted by atomic mass is 16.4. The minimum absolute atomic E-state index is 0.0226. The van der Waals surface area contributed by atoms with Gasteiger partial charge in [-0.2, -0.15) is 0 Å². The van der Waals surface area contributed by atoms with Gasteiger partial charge in [-0.25, -0.2) is 0 Å². The Hall–Kier alpha value is -2.12. The van der Waals surface area contributed by atoms with Crippen LogP contribution in [-0.4, -0.2) is 47.1 Å². The van der Waals surface area contributed by atoms with Crippen LogP contribution in [0.15, 0.2) is 0 Å². The van der Waals surface area contributed by atoms with Crippen molar-refractivity contribution in [1.29, 1.82) is 0 Å². The summed E-state index contributed by atoms with van der Waals surface area (Å²) in [5, 5.41) is 21.3. The van der Waals surface area contributed by atoms with Gasteiger partial charge in [0.1, 0.15) is 0 Å². The lowest BCUT2D eigenvalue weighted by molar-refractivity contribution is -0.138. The predicted molar refractivity (Wildman–Crippen MR) is 59.8 cm³/mol. The molecule has 8 nitrogen and oxygen atoms in total. The molecule has 0 heterocycles. The van der Waals surface area contributed by atoms with Crippen LogP contribution in [-0.2, 0) is 19.2 Å². The molecule has 8 heteroatoms. The maximum absolute atomic E-state index is 11.1. The lowest BCUT2D eigenvalue weighted by Gasteiger charge is -2.04. The standard InChI is InChI=1S/C10H16N2O6/c13-7(11-5-3-9(15)16)1-2-8(14)12-6-4-10(17)18/h1-6H2,(H,11,13)(H,12,14)(H,15,16)(H,17,18). The summed E-state index contributed by atoms with van der Waals surface area (Å²) < 4.78 is 0. The van der Waals surface area contributed by atoms with Crippen LogP contribution in [0.5, 0.6) is 0 Å². The third-order valence-electron chi connectivity index (χ3n) is 1.90. The first-order valence-electron chi connectivity index (χ1n) is 5.39. The highest BCUT2D eigenvalue weighted by Crippen LogP contribution is 1.90. The van der Waals surface area contributed by atoms with E-state index in [1.54, 1.807) is 0 Å². The first-order valence-corrected chi connectivity index (χ1v) is 5.39. The van der Waals surface area contributed by atoms with Gasteiger partial charge in [0.25, 0.3) is 0 Å². The monoisotopic (exact) mass is 260 g/mol. The van der Waals surface area contributed by atoms with E-state index < -0.39 is 23.8 Å². The molecule has 0 fully saturated rings. The number of hydrogen-bond acceptors (Lipinski definition) is 4. The van der Waals surface area contributed by atoms with Gasteiger partial charge < -0.3 is 20.8 Å². The Morgan fingerprint density at radius 1 is 0.667 bits per heavy atom. The largest absolute Gasteiger partial charge is 0.481 e. The highest BCUT2D eigenvalue weighted by molar-refractivity contribution is 5.84. The second-order valence-electron chi connectivity index (χ2n) is 3.49. The van der Waals surface area contributed by atoms with Crippen LogP contribution in [0.1, 0.15) is 25.7 Å². The fourth-order valence-electron chi connectivity index (χ4n) is 1.02. The smallest absolute Gasteiger partial charge is 0.305 e. The fourth-order valence-corrected chi connectivity index (χ4v) is 1.02. The van der Waals surface area contributed by atoms with Crippen LogP contribution in [0.3, 0.4) is 0 Å². The maximum Gasteiger partial charge on any atom is 0.305 e. The minimum atomic E-state index is -1.01. The number of carboxylic acids is 2. The summed E-state index contributed by atoms with van der Waals surface area (Å²) in [6.45, 7) is 0.0452. The molecule has 0 aliphatic heterocycles. The van der Waals surface area contributed by atoms with E-state index in [0.29, 0.717) is 0 Å². The molecule has 0 aromatic carbocycles. The summed E-state index contributed by atoms with van der Waals surface area (Å²) in [5.74, 6) is -2.85. The fraction of sp³-hybridized carbons (Fsp3) is 0.600. The number of amides is 2. The van der Waals surface area contributed by atoms with Crippen molar-refractivity contribution in [3.05, 3.63) is 0 Å². The van der Waals surface area contributed by atoms with Gasteiger partial charge in [0.2, 0.25) is 11.8 Å². The molecule has 0 aliphatic rings. The molecular weight excluding hydrogens is 244 g/mol. The zero-order chi connectivity index (χ0) is 14.0. The first-order chi connectivity index (χ1) is 8.41. The third-order valence-corrected chi connectivity index (χ3v) is 1.90. The van der Waals surface area contributed by atoms with Crippen LogP contribution < -0.4 is 10.6 Å². The number of rotatable bonds is 9. The van der Waals surface area contributed by atoms with Crippen molar-refractivity contribution >= 4 is 23.8 Å². The summed E-state index contributed by atoms with van der Waals surface area (Å²) in [4.78, 5) is 42.6. The van der Waals surface area contributed by atoms with Crippen molar-refractivity contribution in [3.63, 3.8) is 0 Å². The molecule has 0 radical (unpaired) electrons. The molecule has 0 aromatic rings. The molecule has 0 saturated heterocycles. The van der Waals surface area contributed by atoms with E-state index in [9.17, 15) is 19.2 Å². The van der Waals surface area contributed by atoms with E-state index in [0.717, 1.165) is 0 Å². The van der Waals surface area contributed by atoms with Gasteiger partial charge in [-0.05, 0) is 0 Å². The molecule has 0 rings (SSSR count). The predicted octanol–water partition coefficient (Wildman–Crippen LogP) is -1.05. The maximum atomic E-state index is 11.1. The Labute approximate surface area is 103 Å². The summed E-state index contributed by atoms with van der Waals surface area (Å²) >= 11 is 0. The summed E-state index contributed by atoms with van der Waals surface area (Å²) in [6, 6.07) is 0. The Kier molecular flexibility index (Phi) is 7.91. The molecule has 102 valence electrons. The van der Waals surface area contributed by atoms with Gasteiger partial charge in [0.15, 0.2) is 0 Å². The number of carbonyl (C=O) groups excluding carboxylic acids is 2. The summed E-state index contributed by atoms with van der Waals surface area (Å²) in [5.41, 5.74) is 0. The lowest BCUT2D eigenvalue weighted by atomic mass is 10.2. The van der Waals surface area contributed by atoms with Crippen molar-refractivity contribution in [2.45, 2.75) is 25.7 Å². The van der Waals surface area contributed by atoms with Crippen LogP contribution in [0.4, 0.5) is 0 Å². The van der Waals surface area contributed by atoms with Gasteiger partial charge in [0.05, 0.1) is 12.8 Å². The number of carboxylic acid groups (broad SMARTS) is 2.